The van der Waals surface area contributed by atoms with E-state index in [1.54, 1.807) is 6.92 Å². The van der Waals surface area contributed by atoms with E-state index in [1.165, 1.54) is 17.7 Å². The molecule has 1 unspecified atom stereocenters. The van der Waals surface area contributed by atoms with Gasteiger partial charge in [-0.15, -0.1) is 0 Å². The van der Waals surface area contributed by atoms with Crippen LogP contribution < -0.4 is 11.2 Å². The van der Waals surface area contributed by atoms with Crippen LogP contribution in [-0.2, 0) is 30.0 Å². The lowest BCUT2D eigenvalue weighted by Gasteiger charge is -2.53. The fourth-order valence-corrected chi connectivity index (χ4v) is 7.44. The number of carbonyl (C=O) groups is 1. The number of aryl methyl sites for hydroxylation is 1. The molecule has 1 aromatic heterocycles. The van der Waals surface area contributed by atoms with Crippen molar-refractivity contribution in [2.24, 2.45) is 0 Å². The number of carbonyl (C=O) groups excluding carboxylic acids is 1. The maximum Gasteiger partial charge on any atom is 0.330 e. The molecule has 2 aliphatic rings. The Kier molecular flexibility index (Phi) is 8.72. The predicted octanol–water partition coefficient (Wildman–Crippen LogP) is 5.15. The second-order valence-electron chi connectivity index (χ2n) is 12.8. The summed E-state index contributed by atoms with van der Waals surface area (Å²) in [6.45, 7) is 16.2. The molecule has 1 N–H and O–H groups in total. The first-order chi connectivity index (χ1) is 19.2. The largest absolute Gasteiger partial charge is 0.455 e. The summed E-state index contributed by atoms with van der Waals surface area (Å²) in [6.07, 6.45) is 4.47. The van der Waals surface area contributed by atoms with Gasteiger partial charge in [0, 0.05) is 18.7 Å². The van der Waals surface area contributed by atoms with Gasteiger partial charge < -0.3 is 18.6 Å². The molecule has 9 nitrogen and oxygen atoms in total. The van der Waals surface area contributed by atoms with Crippen molar-refractivity contribution < 1.29 is 23.4 Å². The van der Waals surface area contributed by atoms with Gasteiger partial charge in [0.15, 0.2) is 20.6 Å². The number of benzene rings is 1. The smallest absolute Gasteiger partial charge is 0.330 e. The molecule has 0 saturated carbocycles. The van der Waals surface area contributed by atoms with Crippen LogP contribution in [0.1, 0.15) is 71.2 Å². The molecule has 4 rings (SSSR count). The molecule has 0 amide bonds. The Hall–Kier alpha value is -2.79. The number of hydrogen-bond donors (Lipinski definition) is 1. The molecule has 1 fully saturated rings. The number of aromatic amines is 1. The first kappa shape index (κ1) is 31.1. The third-order valence-corrected chi connectivity index (χ3v) is 13.5. The highest BCUT2D eigenvalue weighted by molar-refractivity contribution is 6.74. The van der Waals surface area contributed by atoms with E-state index in [2.05, 4.69) is 51.0 Å². The minimum absolute atomic E-state index is 0.0851. The molecular weight excluding hydrogens is 540 g/mol. The molecule has 224 valence electrons. The summed E-state index contributed by atoms with van der Waals surface area (Å²) in [5.41, 5.74) is -1.79. The number of nitrogens with one attached hydrogen (secondary N) is 1. The van der Waals surface area contributed by atoms with E-state index in [-0.39, 0.29) is 11.6 Å². The Morgan fingerprint density at radius 2 is 1.78 bits per heavy atom. The van der Waals surface area contributed by atoms with Crippen molar-refractivity contribution in [1.82, 2.24) is 9.55 Å². The van der Waals surface area contributed by atoms with Crippen LogP contribution in [0.5, 0.6) is 0 Å². The fourth-order valence-electron chi connectivity index (χ4n) is 5.82. The van der Waals surface area contributed by atoms with E-state index in [0.717, 1.165) is 5.56 Å². The molecule has 2 aromatic rings. The summed E-state index contributed by atoms with van der Waals surface area (Å²) < 4.78 is 28.3. The SMILES string of the molecule is CC[C@@]1(C2(O[Si](C)(C)C(C)(C)C)CC=CC2)O[C@@H](n2cc(C)c(=O)[nH]c2=O)[C@@H](OC(C)=O)C1OCc1ccccc1. The van der Waals surface area contributed by atoms with Gasteiger partial charge in [0.1, 0.15) is 11.7 Å². The normalized spacial score (nSPS) is 25.9. The van der Waals surface area contributed by atoms with Crippen molar-refractivity contribution in [3.8, 4) is 0 Å². The lowest BCUT2D eigenvalue weighted by Crippen LogP contribution is -2.65. The van der Waals surface area contributed by atoms with E-state index in [4.69, 9.17) is 18.6 Å². The second-order valence-corrected chi connectivity index (χ2v) is 17.5. The average molecular weight is 585 g/mol. The molecule has 1 aromatic carbocycles. The molecule has 1 saturated heterocycles. The summed E-state index contributed by atoms with van der Waals surface area (Å²) in [7, 11) is -2.37. The maximum atomic E-state index is 13.2. The molecule has 41 heavy (non-hydrogen) atoms. The van der Waals surface area contributed by atoms with Crippen LogP contribution in [0, 0.1) is 6.92 Å². The van der Waals surface area contributed by atoms with Gasteiger partial charge in [-0.2, -0.15) is 0 Å². The number of H-pyrrole nitrogens is 1. The fraction of sp³-hybridized carbons (Fsp3) is 0.581. The molecule has 0 spiro atoms. The van der Waals surface area contributed by atoms with Crippen molar-refractivity contribution in [3.63, 3.8) is 0 Å². The van der Waals surface area contributed by atoms with Crippen molar-refractivity contribution in [2.75, 3.05) is 0 Å². The van der Waals surface area contributed by atoms with Crippen LogP contribution in [-0.4, -0.2) is 47.2 Å². The molecule has 1 aliphatic heterocycles. The van der Waals surface area contributed by atoms with Gasteiger partial charge in [0.05, 0.1) is 12.2 Å². The van der Waals surface area contributed by atoms with Gasteiger partial charge in [-0.3, -0.25) is 19.1 Å². The molecule has 1 aliphatic carbocycles. The second kappa shape index (κ2) is 11.5. The van der Waals surface area contributed by atoms with Crippen LogP contribution >= 0.6 is 0 Å². The van der Waals surface area contributed by atoms with E-state index in [1.807, 2.05) is 37.3 Å². The monoisotopic (exact) mass is 584 g/mol. The first-order valence-electron chi connectivity index (χ1n) is 14.3. The highest BCUT2D eigenvalue weighted by atomic mass is 28.4. The Morgan fingerprint density at radius 1 is 1.15 bits per heavy atom. The third-order valence-electron chi connectivity index (χ3n) is 8.98. The highest BCUT2D eigenvalue weighted by Gasteiger charge is 2.68. The molecular formula is C31H44N2O7Si. The first-order valence-corrected chi connectivity index (χ1v) is 17.2. The highest BCUT2D eigenvalue weighted by Crippen LogP contribution is 2.56. The van der Waals surface area contributed by atoms with Gasteiger partial charge in [0.25, 0.3) is 5.56 Å². The number of hydrogen-bond acceptors (Lipinski definition) is 7. The maximum absolute atomic E-state index is 13.2. The van der Waals surface area contributed by atoms with Crippen LogP contribution in [0.2, 0.25) is 18.1 Å². The van der Waals surface area contributed by atoms with Crippen LogP contribution in [0.25, 0.3) is 0 Å². The van der Waals surface area contributed by atoms with Crippen LogP contribution in [0.4, 0.5) is 0 Å². The lowest BCUT2D eigenvalue weighted by atomic mass is 9.74. The third kappa shape index (κ3) is 5.80. The average Bonchev–Trinajstić information content (AvgIpc) is 3.48. The summed E-state index contributed by atoms with van der Waals surface area (Å²) in [6, 6.07) is 9.75. The molecule has 4 atom stereocenters. The standard InChI is InChI=1S/C31H44N2O7Si/c1-9-31(30(17-13-14-18-30)40-41(7,8)29(4,5)6)25(37-20-23-15-11-10-12-16-23)24(38-22(3)34)27(39-31)33-19-21(2)26(35)32-28(33)36/h10-16,19,24-25,27H,9,17-18,20H2,1-8H3,(H,32,35,36)/t24-,25?,27+,31+/m0/s1. The zero-order chi connectivity index (χ0) is 30.2. The van der Waals surface area contributed by atoms with Gasteiger partial charge >= 0.3 is 11.7 Å². The van der Waals surface area contributed by atoms with Gasteiger partial charge in [0.2, 0.25) is 0 Å². The molecule has 0 radical (unpaired) electrons. The molecule has 0 bridgehead atoms. The van der Waals surface area contributed by atoms with Crippen LogP contribution in [0.3, 0.4) is 0 Å². The lowest BCUT2D eigenvalue weighted by molar-refractivity contribution is -0.215. The van der Waals surface area contributed by atoms with Crippen molar-refractivity contribution in [2.45, 2.75) is 115 Å². The molecule has 10 heteroatoms. The van der Waals surface area contributed by atoms with E-state index in [9.17, 15) is 14.4 Å². The zero-order valence-electron chi connectivity index (χ0n) is 25.5. The molecule has 2 heterocycles. The number of rotatable bonds is 9. The predicted molar refractivity (Wildman–Crippen MR) is 159 cm³/mol. The number of nitrogens with zero attached hydrogens (tertiary/aromatic N) is 1. The van der Waals surface area contributed by atoms with E-state index >= 15 is 0 Å². The van der Waals surface area contributed by atoms with Crippen LogP contribution in [0.15, 0.2) is 58.3 Å². The van der Waals surface area contributed by atoms with E-state index < -0.39 is 55.2 Å². The summed E-state index contributed by atoms with van der Waals surface area (Å²) in [4.78, 5) is 40.3. The minimum Gasteiger partial charge on any atom is -0.455 e. The van der Waals surface area contributed by atoms with Gasteiger partial charge in [-0.25, -0.2) is 4.79 Å². The Bertz CT molecular complexity index is 1380. The number of aromatic nitrogens is 2. The summed E-state index contributed by atoms with van der Waals surface area (Å²) in [5.74, 6) is -0.526. The Labute approximate surface area is 243 Å². The summed E-state index contributed by atoms with van der Waals surface area (Å²) >= 11 is 0. The van der Waals surface area contributed by atoms with Crippen molar-refractivity contribution >= 4 is 14.3 Å². The number of esters is 1. The van der Waals surface area contributed by atoms with Crippen molar-refractivity contribution in [3.05, 3.63) is 80.6 Å². The topological polar surface area (TPSA) is 109 Å². The Morgan fingerprint density at radius 3 is 2.34 bits per heavy atom. The van der Waals surface area contributed by atoms with Gasteiger partial charge in [-0.05, 0) is 49.9 Å². The Balaban J connectivity index is 1.92. The van der Waals surface area contributed by atoms with Gasteiger partial charge in [-0.1, -0.05) is 70.2 Å². The van der Waals surface area contributed by atoms with Crippen molar-refractivity contribution in [1.29, 1.82) is 0 Å². The minimum atomic E-state index is -2.37. The quantitative estimate of drug-likeness (QED) is 0.247. The summed E-state index contributed by atoms with van der Waals surface area (Å²) in [5, 5.41) is -0.0851. The zero-order valence-corrected chi connectivity index (χ0v) is 26.5. The number of ether oxygens (including phenoxy) is 3. The van der Waals surface area contributed by atoms with E-state index in [0.29, 0.717) is 24.8 Å².